The molecule has 0 aliphatic heterocycles. The van der Waals surface area contributed by atoms with E-state index in [1.807, 2.05) is 62.4 Å². The molecule has 0 bridgehead atoms. The minimum atomic E-state index is -0.954. The molecule has 0 aliphatic rings. The lowest BCUT2D eigenvalue weighted by molar-refractivity contribution is -0.143. The van der Waals surface area contributed by atoms with Crippen molar-refractivity contribution in [3.63, 3.8) is 0 Å². The highest BCUT2D eigenvalue weighted by Crippen LogP contribution is 2.18. The van der Waals surface area contributed by atoms with Crippen LogP contribution in [-0.4, -0.2) is 17.0 Å². The largest absolute Gasteiger partial charge is 0.481 e. The molecule has 120 valence electrons. The maximum Gasteiger partial charge on any atom is 0.307 e. The number of benzene rings is 2. The molecule has 0 saturated carbocycles. The molecule has 2 rings (SSSR count). The fourth-order valence-electron chi connectivity index (χ4n) is 2.44. The van der Waals surface area contributed by atoms with Crippen LogP contribution in [0.4, 0.5) is 5.69 Å². The van der Waals surface area contributed by atoms with Crippen molar-refractivity contribution in [2.45, 2.75) is 26.7 Å². The summed E-state index contributed by atoms with van der Waals surface area (Å²) in [6.07, 6.45) is 0.300. The number of anilines is 1. The lowest BCUT2D eigenvalue weighted by Crippen LogP contribution is -2.24. The van der Waals surface area contributed by atoms with E-state index >= 15 is 0 Å². The van der Waals surface area contributed by atoms with Crippen LogP contribution in [0.15, 0.2) is 48.5 Å². The van der Waals surface area contributed by atoms with E-state index in [1.54, 1.807) is 0 Å². The first-order valence-electron chi connectivity index (χ1n) is 7.59. The van der Waals surface area contributed by atoms with Gasteiger partial charge in [-0.25, -0.2) is 0 Å². The van der Waals surface area contributed by atoms with E-state index in [0.717, 1.165) is 22.4 Å². The average Bonchev–Trinajstić information content (AvgIpc) is 2.51. The van der Waals surface area contributed by atoms with Crippen molar-refractivity contribution in [1.29, 1.82) is 0 Å². The quantitative estimate of drug-likeness (QED) is 0.857. The standard InChI is InChI=1S/C19H21NO3/c1-13-8-9-14(2)17(10-13)20-18(21)12-16(19(22)23)11-15-6-4-3-5-7-15/h3-10,16H,11-12H2,1-2H3,(H,20,21)(H,22,23)/t16-/m1/s1. The molecule has 2 N–H and O–H groups in total. The zero-order chi connectivity index (χ0) is 16.8. The Morgan fingerprint density at radius 2 is 1.78 bits per heavy atom. The smallest absolute Gasteiger partial charge is 0.307 e. The van der Waals surface area contributed by atoms with Crippen LogP contribution < -0.4 is 5.32 Å². The molecule has 4 heteroatoms. The van der Waals surface area contributed by atoms with Crippen LogP contribution >= 0.6 is 0 Å². The van der Waals surface area contributed by atoms with Gasteiger partial charge in [-0.15, -0.1) is 0 Å². The fourth-order valence-corrected chi connectivity index (χ4v) is 2.44. The summed E-state index contributed by atoms with van der Waals surface area (Å²) in [5, 5.41) is 12.2. The van der Waals surface area contributed by atoms with Crippen molar-refractivity contribution in [3.05, 3.63) is 65.2 Å². The molecule has 4 nitrogen and oxygen atoms in total. The maximum absolute atomic E-state index is 12.2. The summed E-state index contributed by atoms with van der Waals surface area (Å²) in [6.45, 7) is 3.86. The number of hydrogen-bond donors (Lipinski definition) is 2. The SMILES string of the molecule is Cc1ccc(C)c(NC(=O)C[C@@H](Cc2ccccc2)C(=O)O)c1. The van der Waals surface area contributed by atoms with Crippen LogP contribution in [0.5, 0.6) is 0 Å². The van der Waals surface area contributed by atoms with Gasteiger partial charge >= 0.3 is 5.97 Å². The monoisotopic (exact) mass is 311 g/mol. The van der Waals surface area contributed by atoms with E-state index in [9.17, 15) is 14.7 Å². The third-order valence-electron chi connectivity index (χ3n) is 3.77. The number of carboxylic acid groups (broad SMARTS) is 1. The van der Waals surface area contributed by atoms with Crippen molar-refractivity contribution >= 4 is 17.6 Å². The second kappa shape index (κ2) is 7.58. The molecule has 0 aromatic heterocycles. The fraction of sp³-hybridized carbons (Fsp3) is 0.263. The van der Waals surface area contributed by atoms with Crippen molar-refractivity contribution in [2.75, 3.05) is 5.32 Å². The number of carbonyl (C=O) groups excluding carboxylic acids is 1. The summed E-state index contributed by atoms with van der Waals surface area (Å²) < 4.78 is 0. The van der Waals surface area contributed by atoms with Gasteiger partial charge in [0.2, 0.25) is 5.91 Å². The first-order valence-corrected chi connectivity index (χ1v) is 7.59. The molecule has 2 aromatic carbocycles. The number of hydrogen-bond acceptors (Lipinski definition) is 2. The van der Waals surface area contributed by atoms with Gasteiger partial charge < -0.3 is 10.4 Å². The number of aryl methyl sites for hydroxylation is 2. The Bertz CT molecular complexity index is 695. The summed E-state index contributed by atoms with van der Waals surface area (Å²) >= 11 is 0. The number of amides is 1. The zero-order valence-electron chi connectivity index (χ0n) is 13.4. The first-order chi connectivity index (χ1) is 11.0. The van der Waals surface area contributed by atoms with Crippen LogP contribution in [0.25, 0.3) is 0 Å². The van der Waals surface area contributed by atoms with Crippen molar-refractivity contribution < 1.29 is 14.7 Å². The molecule has 0 aliphatic carbocycles. The van der Waals surface area contributed by atoms with Gasteiger partial charge in [-0.05, 0) is 43.0 Å². The molecule has 0 spiro atoms. The van der Waals surface area contributed by atoms with E-state index in [-0.39, 0.29) is 12.3 Å². The molecule has 0 heterocycles. The molecule has 2 aromatic rings. The molecule has 0 saturated heterocycles. The van der Waals surface area contributed by atoms with E-state index < -0.39 is 11.9 Å². The van der Waals surface area contributed by atoms with Crippen molar-refractivity contribution in [1.82, 2.24) is 0 Å². The predicted octanol–water partition coefficient (Wildman–Crippen LogP) is 3.58. The normalized spacial score (nSPS) is 11.7. The van der Waals surface area contributed by atoms with Crippen LogP contribution in [0.3, 0.4) is 0 Å². The van der Waals surface area contributed by atoms with E-state index in [1.165, 1.54) is 0 Å². The van der Waals surface area contributed by atoms with Crippen LogP contribution in [0, 0.1) is 19.8 Å². The summed E-state index contributed by atoms with van der Waals surface area (Å²) in [4.78, 5) is 23.6. The van der Waals surface area contributed by atoms with Crippen molar-refractivity contribution in [3.8, 4) is 0 Å². The molecular weight excluding hydrogens is 290 g/mol. The van der Waals surface area contributed by atoms with Crippen LogP contribution in [0.1, 0.15) is 23.1 Å². The minimum absolute atomic E-state index is 0.0440. The second-order valence-electron chi connectivity index (χ2n) is 5.80. The summed E-state index contributed by atoms with van der Waals surface area (Å²) in [6, 6.07) is 15.2. The Balaban J connectivity index is 2.03. The minimum Gasteiger partial charge on any atom is -0.481 e. The Morgan fingerprint density at radius 3 is 2.43 bits per heavy atom. The molecule has 1 amide bonds. The first kappa shape index (κ1) is 16.7. The van der Waals surface area contributed by atoms with Crippen LogP contribution in [-0.2, 0) is 16.0 Å². The number of carbonyl (C=O) groups is 2. The van der Waals surface area contributed by atoms with E-state index in [2.05, 4.69) is 5.32 Å². The highest BCUT2D eigenvalue weighted by molar-refractivity contribution is 5.93. The Hall–Kier alpha value is -2.62. The number of aliphatic carboxylic acids is 1. The number of rotatable bonds is 6. The second-order valence-corrected chi connectivity index (χ2v) is 5.80. The third kappa shape index (κ3) is 4.95. The molecule has 0 radical (unpaired) electrons. The van der Waals surface area contributed by atoms with E-state index in [4.69, 9.17) is 0 Å². The van der Waals surface area contributed by atoms with Gasteiger partial charge in [-0.3, -0.25) is 9.59 Å². The van der Waals surface area contributed by atoms with Gasteiger partial charge in [0.1, 0.15) is 0 Å². The number of nitrogens with one attached hydrogen (secondary N) is 1. The van der Waals surface area contributed by atoms with Gasteiger partial charge in [-0.2, -0.15) is 0 Å². The molecular formula is C19H21NO3. The zero-order valence-corrected chi connectivity index (χ0v) is 13.4. The number of carboxylic acids is 1. The Morgan fingerprint density at radius 1 is 1.09 bits per heavy atom. The lowest BCUT2D eigenvalue weighted by Gasteiger charge is -2.14. The lowest BCUT2D eigenvalue weighted by atomic mass is 9.96. The van der Waals surface area contributed by atoms with Gasteiger partial charge in [0.15, 0.2) is 0 Å². The summed E-state index contributed by atoms with van der Waals surface area (Å²) in [7, 11) is 0. The highest BCUT2D eigenvalue weighted by Gasteiger charge is 2.22. The predicted molar refractivity (Wildman–Crippen MR) is 90.4 cm³/mol. The third-order valence-corrected chi connectivity index (χ3v) is 3.77. The Labute approximate surface area is 136 Å². The van der Waals surface area contributed by atoms with Gasteiger partial charge in [-0.1, -0.05) is 42.5 Å². The van der Waals surface area contributed by atoms with Crippen LogP contribution in [0.2, 0.25) is 0 Å². The maximum atomic E-state index is 12.2. The van der Waals surface area contributed by atoms with Gasteiger partial charge in [0.25, 0.3) is 0 Å². The molecule has 0 unspecified atom stereocenters. The average molecular weight is 311 g/mol. The summed E-state index contributed by atoms with van der Waals surface area (Å²) in [5.41, 5.74) is 3.65. The summed E-state index contributed by atoms with van der Waals surface area (Å²) in [5.74, 6) is -1.96. The highest BCUT2D eigenvalue weighted by atomic mass is 16.4. The van der Waals surface area contributed by atoms with E-state index in [0.29, 0.717) is 6.42 Å². The Kier molecular flexibility index (Phi) is 5.52. The van der Waals surface area contributed by atoms with Crippen molar-refractivity contribution in [2.24, 2.45) is 5.92 Å². The van der Waals surface area contributed by atoms with Gasteiger partial charge in [0, 0.05) is 12.1 Å². The topological polar surface area (TPSA) is 66.4 Å². The molecule has 1 atom stereocenters. The molecule has 23 heavy (non-hydrogen) atoms. The molecule has 0 fully saturated rings. The van der Waals surface area contributed by atoms with Gasteiger partial charge in [0.05, 0.1) is 5.92 Å².